The van der Waals surface area contributed by atoms with Gasteiger partial charge in [-0.15, -0.1) is 0 Å². The van der Waals surface area contributed by atoms with E-state index in [0.717, 1.165) is 43.0 Å². The van der Waals surface area contributed by atoms with Crippen LogP contribution in [0.5, 0.6) is 0 Å². The number of anilines is 1. The molecule has 1 aliphatic rings. The van der Waals surface area contributed by atoms with Crippen molar-refractivity contribution < 1.29 is 0 Å². The summed E-state index contributed by atoms with van der Waals surface area (Å²) >= 11 is 6.24. The molecule has 0 saturated heterocycles. The van der Waals surface area contributed by atoms with Crippen LogP contribution in [0.15, 0.2) is 29.1 Å². The molecule has 0 aliphatic heterocycles. The van der Waals surface area contributed by atoms with E-state index in [4.69, 9.17) is 11.6 Å². The average molecular weight is 304 g/mol. The number of halogens is 1. The highest BCUT2D eigenvalue weighted by molar-refractivity contribution is 6.31. The number of nitrogens with one attached hydrogen (secondary N) is 1. The first-order chi connectivity index (χ1) is 10.2. The number of nitrogens with zero attached hydrogens (tertiary/aromatic N) is 2. The SMILES string of the molecule is CCNc1ccc(Cl)c(Cn2c3c(ccc2=O)CCC3)n1. The molecule has 0 spiro atoms. The maximum absolute atomic E-state index is 12.2. The Morgan fingerprint density at radius 1 is 1.29 bits per heavy atom. The quantitative estimate of drug-likeness (QED) is 0.945. The fourth-order valence-electron chi connectivity index (χ4n) is 2.83. The van der Waals surface area contributed by atoms with Crippen molar-refractivity contribution in [1.82, 2.24) is 9.55 Å². The van der Waals surface area contributed by atoms with Crippen molar-refractivity contribution in [2.75, 3.05) is 11.9 Å². The molecule has 0 amide bonds. The highest BCUT2D eigenvalue weighted by Gasteiger charge is 2.17. The van der Waals surface area contributed by atoms with Gasteiger partial charge in [-0.25, -0.2) is 4.98 Å². The molecule has 110 valence electrons. The monoisotopic (exact) mass is 303 g/mol. The van der Waals surface area contributed by atoms with Crippen LogP contribution < -0.4 is 10.9 Å². The molecule has 2 aromatic rings. The van der Waals surface area contributed by atoms with Gasteiger partial charge in [-0.2, -0.15) is 0 Å². The molecular formula is C16H18ClN3O. The van der Waals surface area contributed by atoms with E-state index >= 15 is 0 Å². The van der Waals surface area contributed by atoms with Gasteiger partial charge in [-0.3, -0.25) is 4.79 Å². The molecule has 0 saturated carbocycles. The molecule has 4 nitrogen and oxygen atoms in total. The number of rotatable bonds is 4. The minimum Gasteiger partial charge on any atom is -0.370 e. The zero-order valence-corrected chi connectivity index (χ0v) is 12.8. The van der Waals surface area contributed by atoms with Gasteiger partial charge in [0.15, 0.2) is 0 Å². The maximum Gasteiger partial charge on any atom is 0.251 e. The van der Waals surface area contributed by atoms with E-state index in [1.165, 1.54) is 5.56 Å². The Morgan fingerprint density at radius 3 is 2.95 bits per heavy atom. The Kier molecular flexibility index (Phi) is 3.97. The van der Waals surface area contributed by atoms with Gasteiger partial charge in [0.2, 0.25) is 0 Å². The van der Waals surface area contributed by atoms with Crippen LogP contribution in [0.25, 0.3) is 0 Å². The molecule has 0 unspecified atom stereocenters. The van der Waals surface area contributed by atoms with E-state index in [9.17, 15) is 4.79 Å². The van der Waals surface area contributed by atoms with Gasteiger partial charge in [0.05, 0.1) is 17.3 Å². The van der Waals surface area contributed by atoms with Crippen LogP contribution in [-0.4, -0.2) is 16.1 Å². The van der Waals surface area contributed by atoms with Crippen LogP contribution in [0.3, 0.4) is 0 Å². The minimum atomic E-state index is 0.0161. The summed E-state index contributed by atoms with van der Waals surface area (Å²) in [4.78, 5) is 16.7. The zero-order chi connectivity index (χ0) is 14.8. The first kappa shape index (κ1) is 14.1. The standard InChI is InChI=1S/C16H18ClN3O/c1-2-18-15-8-7-12(17)13(19-15)10-20-14-5-3-4-11(14)6-9-16(20)21/h6-9H,2-5,10H2,1H3,(H,18,19). The molecule has 0 aromatic carbocycles. The summed E-state index contributed by atoms with van der Waals surface area (Å²) in [6.45, 7) is 3.25. The number of aromatic nitrogens is 2. The van der Waals surface area contributed by atoms with Crippen LogP contribution in [0.2, 0.25) is 5.02 Å². The number of pyridine rings is 2. The molecule has 0 fully saturated rings. The van der Waals surface area contributed by atoms with Crippen molar-refractivity contribution in [3.8, 4) is 0 Å². The van der Waals surface area contributed by atoms with Crippen LogP contribution in [0.4, 0.5) is 5.82 Å². The maximum atomic E-state index is 12.2. The Balaban J connectivity index is 1.99. The summed E-state index contributed by atoms with van der Waals surface area (Å²) < 4.78 is 1.81. The normalized spacial score (nSPS) is 13.2. The Bertz CT molecular complexity index is 724. The van der Waals surface area contributed by atoms with Gasteiger partial charge < -0.3 is 9.88 Å². The van der Waals surface area contributed by atoms with E-state index < -0.39 is 0 Å². The lowest BCUT2D eigenvalue weighted by Gasteiger charge is -2.13. The highest BCUT2D eigenvalue weighted by atomic mass is 35.5. The molecular weight excluding hydrogens is 286 g/mol. The second kappa shape index (κ2) is 5.90. The summed E-state index contributed by atoms with van der Waals surface area (Å²) in [7, 11) is 0. The third-order valence-corrected chi connectivity index (χ3v) is 4.18. The van der Waals surface area contributed by atoms with Crippen LogP contribution in [0, 0.1) is 0 Å². The molecule has 2 heterocycles. The molecule has 2 aromatic heterocycles. The number of hydrogen-bond donors (Lipinski definition) is 1. The summed E-state index contributed by atoms with van der Waals surface area (Å²) in [5, 5.41) is 3.77. The van der Waals surface area contributed by atoms with Crippen molar-refractivity contribution in [3.63, 3.8) is 0 Å². The van der Waals surface area contributed by atoms with E-state index in [2.05, 4.69) is 10.3 Å². The second-order valence-electron chi connectivity index (χ2n) is 5.24. The van der Waals surface area contributed by atoms with E-state index in [0.29, 0.717) is 11.6 Å². The average Bonchev–Trinajstić information content (AvgIpc) is 2.94. The predicted molar refractivity (Wildman–Crippen MR) is 85.2 cm³/mol. The third kappa shape index (κ3) is 2.81. The summed E-state index contributed by atoms with van der Waals surface area (Å²) in [6.07, 6.45) is 3.11. The van der Waals surface area contributed by atoms with Crippen molar-refractivity contribution >= 4 is 17.4 Å². The number of fused-ring (bicyclic) bond motifs is 1. The van der Waals surface area contributed by atoms with Gasteiger partial charge in [-0.05, 0) is 43.9 Å². The highest BCUT2D eigenvalue weighted by Crippen LogP contribution is 2.22. The fourth-order valence-corrected chi connectivity index (χ4v) is 3.00. The molecule has 0 atom stereocenters. The van der Waals surface area contributed by atoms with Crippen LogP contribution in [0.1, 0.15) is 30.3 Å². The third-order valence-electron chi connectivity index (χ3n) is 3.83. The molecule has 1 aliphatic carbocycles. The van der Waals surface area contributed by atoms with Gasteiger partial charge in [-0.1, -0.05) is 17.7 Å². The van der Waals surface area contributed by atoms with Crippen molar-refractivity contribution in [2.45, 2.75) is 32.7 Å². The summed E-state index contributed by atoms with van der Waals surface area (Å²) in [6, 6.07) is 7.28. The molecule has 0 radical (unpaired) electrons. The molecule has 1 N–H and O–H groups in total. The number of hydrogen-bond acceptors (Lipinski definition) is 3. The van der Waals surface area contributed by atoms with Gasteiger partial charge in [0.1, 0.15) is 5.82 Å². The molecule has 3 rings (SSSR count). The van der Waals surface area contributed by atoms with Crippen LogP contribution in [-0.2, 0) is 19.4 Å². The first-order valence-electron chi connectivity index (χ1n) is 7.30. The van der Waals surface area contributed by atoms with Crippen molar-refractivity contribution in [1.29, 1.82) is 0 Å². The number of aryl methyl sites for hydroxylation is 1. The topological polar surface area (TPSA) is 46.9 Å². The van der Waals surface area contributed by atoms with Gasteiger partial charge in [0, 0.05) is 18.3 Å². The Morgan fingerprint density at radius 2 is 2.14 bits per heavy atom. The first-order valence-corrected chi connectivity index (χ1v) is 7.67. The second-order valence-corrected chi connectivity index (χ2v) is 5.65. The van der Waals surface area contributed by atoms with Crippen LogP contribution >= 0.6 is 11.6 Å². The predicted octanol–water partition coefficient (Wildman–Crippen LogP) is 2.87. The Labute approximate surface area is 128 Å². The lowest BCUT2D eigenvalue weighted by Crippen LogP contribution is -2.24. The molecule has 5 heteroatoms. The smallest absolute Gasteiger partial charge is 0.251 e. The van der Waals surface area contributed by atoms with Gasteiger partial charge >= 0.3 is 0 Å². The summed E-state index contributed by atoms with van der Waals surface area (Å²) in [5.74, 6) is 0.789. The minimum absolute atomic E-state index is 0.0161. The Hall–Kier alpha value is -1.81. The molecule has 0 bridgehead atoms. The van der Waals surface area contributed by atoms with Crippen molar-refractivity contribution in [2.24, 2.45) is 0 Å². The van der Waals surface area contributed by atoms with E-state index in [-0.39, 0.29) is 5.56 Å². The zero-order valence-electron chi connectivity index (χ0n) is 12.0. The fraction of sp³-hybridized carbons (Fsp3) is 0.375. The largest absolute Gasteiger partial charge is 0.370 e. The van der Waals surface area contributed by atoms with E-state index in [1.807, 2.05) is 29.7 Å². The van der Waals surface area contributed by atoms with Crippen molar-refractivity contribution in [3.05, 3.63) is 56.6 Å². The molecule has 21 heavy (non-hydrogen) atoms. The lowest BCUT2D eigenvalue weighted by atomic mass is 10.2. The van der Waals surface area contributed by atoms with Gasteiger partial charge in [0.25, 0.3) is 5.56 Å². The summed E-state index contributed by atoms with van der Waals surface area (Å²) in [5.41, 5.74) is 3.16. The lowest BCUT2D eigenvalue weighted by molar-refractivity contribution is 0.694. The van der Waals surface area contributed by atoms with E-state index in [1.54, 1.807) is 6.07 Å².